The van der Waals surface area contributed by atoms with Crippen LogP contribution in [0.15, 0.2) is 18.2 Å². The van der Waals surface area contributed by atoms with Crippen LogP contribution in [0.5, 0.6) is 5.75 Å². The van der Waals surface area contributed by atoms with Crippen LogP contribution in [-0.4, -0.2) is 44.7 Å². The standard InChI is InChI=1S/C13H16ClNO4/c1-17-4-5-18-8-12(16)9-19-13-6-11(14)3-2-10(13)7-15/h2-3,6,12,16H,4-5,8-9H2,1H3. The first-order chi connectivity index (χ1) is 9.17. The van der Waals surface area contributed by atoms with Crippen molar-refractivity contribution < 1.29 is 19.3 Å². The molecule has 5 nitrogen and oxygen atoms in total. The highest BCUT2D eigenvalue weighted by Gasteiger charge is 2.09. The van der Waals surface area contributed by atoms with Crippen molar-refractivity contribution in [2.75, 3.05) is 33.5 Å². The molecule has 1 atom stereocenters. The van der Waals surface area contributed by atoms with Crippen molar-refractivity contribution in [1.29, 1.82) is 5.26 Å². The van der Waals surface area contributed by atoms with Crippen LogP contribution in [-0.2, 0) is 9.47 Å². The molecule has 1 unspecified atom stereocenters. The highest BCUT2D eigenvalue weighted by molar-refractivity contribution is 6.30. The van der Waals surface area contributed by atoms with E-state index in [0.717, 1.165) is 0 Å². The number of aliphatic hydroxyl groups is 1. The van der Waals surface area contributed by atoms with Gasteiger partial charge in [0.15, 0.2) is 0 Å². The summed E-state index contributed by atoms with van der Waals surface area (Å²) in [5.74, 6) is 0.353. The fourth-order valence-electron chi connectivity index (χ4n) is 1.30. The topological polar surface area (TPSA) is 71.7 Å². The molecular formula is C13H16ClNO4. The van der Waals surface area contributed by atoms with Gasteiger partial charge in [0.05, 0.1) is 25.4 Å². The third-order valence-electron chi connectivity index (χ3n) is 2.24. The minimum atomic E-state index is -0.776. The summed E-state index contributed by atoms with van der Waals surface area (Å²) >= 11 is 5.82. The first kappa shape index (κ1) is 15.7. The Morgan fingerprint density at radius 1 is 1.37 bits per heavy atom. The fraction of sp³-hybridized carbons (Fsp3) is 0.462. The van der Waals surface area contributed by atoms with Crippen LogP contribution in [0.1, 0.15) is 5.56 Å². The van der Waals surface area contributed by atoms with Gasteiger partial charge in [-0.25, -0.2) is 0 Å². The lowest BCUT2D eigenvalue weighted by Gasteiger charge is -2.13. The van der Waals surface area contributed by atoms with E-state index in [9.17, 15) is 5.11 Å². The summed E-state index contributed by atoms with van der Waals surface area (Å²) in [4.78, 5) is 0. The average Bonchev–Trinajstić information content (AvgIpc) is 2.41. The van der Waals surface area contributed by atoms with Crippen molar-refractivity contribution in [2.45, 2.75) is 6.10 Å². The van der Waals surface area contributed by atoms with Gasteiger partial charge in [-0.1, -0.05) is 11.6 Å². The average molecular weight is 286 g/mol. The van der Waals surface area contributed by atoms with Crippen molar-refractivity contribution in [1.82, 2.24) is 0 Å². The van der Waals surface area contributed by atoms with Crippen LogP contribution in [0.3, 0.4) is 0 Å². The molecule has 0 aliphatic rings. The minimum absolute atomic E-state index is 0.0298. The Morgan fingerprint density at radius 3 is 2.84 bits per heavy atom. The van der Waals surface area contributed by atoms with E-state index in [1.165, 1.54) is 0 Å². The summed E-state index contributed by atoms with van der Waals surface area (Å²) in [6.07, 6.45) is -0.776. The van der Waals surface area contributed by atoms with Gasteiger partial charge in [0, 0.05) is 18.2 Å². The molecule has 0 heterocycles. The lowest BCUT2D eigenvalue weighted by Crippen LogP contribution is -2.24. The predicted octanol–water partition coefficient (Wildman–Crippen LogP) is 1.61. The Balaban J connectivity index is 2.39. The molecule has 0 saturated heterocycles. The van der Waals surface area contributed by atoms with E-state index < -0.39 is 6.10 Å². The van der Waals surface area contributed by atoms with Gasteiger partial charge in [0.25, 0.3) is 0 Å². The number of halogens is 1. The van der Waals surface area contributed by atoms with E-state index >= 15 is 0 Å². The van der Waals surface area contributed by atoms with Gasteiger partial charge in [0.2, 0.25) is 0 Å². The van der Waals surface area contributed by atoms with Gasteiger partial charge in [-0.15, -0.1) is 0 Å². The molecular weight excluding hydrogens is 270 g/mol. The number of hydrogen-bond acceptors (Lipinski definition) is 5. The highest BCUT2D eigenvalue weighted by Crippen LogP contribution is 2.22. The maximum absolute atomic E-state index is 9.64. The molecule has 1 rings (SSSR count). The second kappa shape index (κ2) is 8.73. The van der Waals surface area contributed by atoms with Crippen LogP contribution in [0.25, 0.3) is 0 Å². The molecule has 6 heteroatoms. The number of aliphatic hydroxyl groups excluding tert-OH is 1. The summed E-state index contributed by atoms with van der Waals surface area (Å²) in [6, 6.07) is 6.71. The van der Waals surface area contributed by atoms with Crippen LogP contribution in [0.4, 0.5) is 0 Å². The molecule has 1 aromatic rings. The van der Waals surface area contributed by atoms with Gasteiger partial charge in [0.1, 0.15) is 24.5 Å². The first-order valence-electron chi connectivity index (χ1n) is 5.74. The zero-order chi connectivity index (χ0) is 14.1. The van der Waals surface area contributed by atoms with Crippen molar-refractivity contribution in [3.63, 3.8) is 0 Å². The molecule has 0 aliphatic heterocycles. The van der Waals surface area contributed by atoms with Crippen LogP contribution >= 0.6 is 11.6 Å². The van der Waals surface area contributed by atoms with Gasteiger partial charge < -0.3 is 19.3 Å². The summed E-state index contributed by atoms with van der Waals surface area (Å²) in [7, 11) is 1.57. The molecule has 19 heavy (non-hydrogen) atoms. The fourth-order valence-corrected chi connectivity index (χ4v) is 1.47. The summed E-state index contributed by atoms with van der Waals surface area (Å²) in [5.41, 5.74) is 0.372. The molecule has 0 saturated carbocycles. The van der Waals surface area contributed by atoms with Gasteiger partial charge >= 0.3 is 0 Å². The smallest absolute Gasteiger partial charge is 0.138 e. The summed E-state index contributed by atoms with van der Waals surface area (Å²) in [6.45, 7) is 1.06. The molecule has 0 bridgehead atoms. The van der Waals surface area contributed by atoms with E-state index in [-0.39, 0.29) is 13.2 Å². The largest absolute Gasteiger partial charge is 0.489 e. The normalized spacial score (nSPS) is 11.9. The lowest BCUT2D eigenvalue weighted by atomic mass is 10.2. The predicted molar refractivity (Wildman–Crippen MR) is 70.4 cm³/mol. The molecule has 0 spiro atoms. The number of methoxy groups -OCH3 is 1. The number of hydrogen-bond donors (Lipinski definition) is 1. The molecule has 0 fully saturated rings. The zero-order valence-electron chi connectivity index (χ0n) is 10.6. The van der Waals surface area contributed by atoms with E-state index in [2.05, 4.69) is 0 Å². The van der Waals surface area contributed by atoms with E-state index in [0.29, 0.717) is 29.5 Å². The maximum Gasteiger partial charge on any atom is 0.138 e. The molecule has 104 valence electrons. The SMILES string of the molecule is COCCOCC(O)COc1cc(Cl)ccc1C#N. The van der Waals surface area contributed by atoms with Crippen molar-refractivity contribution >= 4 is 11.6 Å². The zero-order valence-corrected chi connectivity index (χ0v) is 11.4. The molecule has 1 aromatic carbocycles. The minimum Gasteiger partial charge on any atom is -0.489 e. The number of ether oxygens (including phenoxy) is 3. The molecule has 0 amide bonds. The van der Waals surface area contributed by atoms with E-state index in [4.69, 9.17) is 31.1 Å². The van der Waals surface area contributed by atoms with Crippen molar-refractivity contribution in [3.05, 3.63) is 28.8 Å². The summed E-state index contributed by atoms with van der Waals surface area (Å²) in [5, 5.41) is 19.0. The third kappa shape index (κ3) is 5.90. The van der Waals surface area contributed by atoms with Crippen molar-refractivity contribution in [3.8, 4) is 11.8 Å². The van der Waals surface area contributed by atoms with Crippen LogP contribution in [0.2, 0.25) is 5.02 Å². The van der Waals surface area contributed by atoms with Gasteiger partial charge in [-0.2, -0.15) is 5.26 Å². The number of nitriles is 1. The first-order valence-corrected chi connectivity index (χ1v) is 6.12. The Morgan fingerprint density at radius 2 is 2.16 bits per heavy atom. The van der Waals surface area contributed by atoms with Gasteiger partial charge in [-0.05, 0) is 12.1 Å². The second-order valence-electron chi connectivity index (χ2n) is 3.78. The highest BCUT2D eigenvalue weighted by atomic mass is 35.5. The molecule has 1 N–H and O–H groups in total. The van der Waals surface area contributed by atoms with Gasteiger partial charge in [-0.3, -0.25) is 0 Å². The Bertz CT molecular complexity index is 433. The number of benzene rings is 1. The molecule has 0 radical (unpaired) electrons. The van der Waals surface area contributed by atoms with Crippen LogP contribution in [0, 0.1) is 11.3 Å². The molecule has 0 aromatic heterocycles. The monoisotopic (exact) mass is 285 g/mol. The third-order valence-corrected chi connectivity index (χ3v) is 2.47. The van der Waals surface area contributed by atoms with Crippen molar-refractivity contribution in [2.24, 2.45) is 0 Å². The van der Waals surface area contributed by atoms with E-state index in [1.807, 2.05) is 6.07 Å². The lowest BCUT2D eigenvalue weighted by molar-refractivity contribution is -0.00422. The maximum atomic E-state index is 9.64. The van der Waals surface area contributed by atoms with Crippen LogP contribution < -0.4 is 4.74 Å². The number of rotatable bonds is 8. The molecule has 0 aliphatic carbocycles. The number of nitrogens with zero attached hydrogens (tertiary/aromatic N) is 1. The Hall–Kier alpha value is -1.32. The Kier molecular flexibility index (Phi) is 7.23. The quantitative estimate of drug-likeness (QED) is 0.735. The Labute approximate surface area is 117 Å². The van der Waals surface area contributed by atoms with E-state index in [1.54, 1.807) is 25.3 Å². The second-order valence-corrected chi connectivity index (χ2v) is 4.22. The summed E-state index contributed by atoms with van der Waals surface area (Å²) < 4.78 is 15.3.